The van der Waals surface area contributed by atoms with Crippen LogP contribution in [0.3, 0.4) is 0 Å². The van der Waals surface area contributed by atoms with Crippen molar-refractivity contribution in [2.45, 2.75) is 39.8 Å². The third-order valence-corrected chi connectivity index (χ3v) is 7.15. The quantitative estimate of drug-likeness (QED) is 0.0736. The van der Waals surface area contributed by atoms with Crippen LogP contribution in [0.25, 0.3) is 21.8 Å². The molecule has 10 heteroatoms. The highest BCUT2D eigenvalue weighted by Crippen LogP contribution is 2.33. The Hall–Kier alpha value is -4.93. The standard InChI is InChI=1S/C33H34N4O6/c1-5-36-30-15-11-23(18-28(30)29-19-25(37(39)40)12-16-31(29)36)32(35-43-33(38)34-24-9-7-6-8-10-24)27-14-13-26(17-21(27)2)42-22(3)20-41-4/h6-19,22,33-34,38H,5,20H2,1-4H3/b35-32-. The van der Waals surface area contributed by atoms with Gasteiger partial charge in [-0.15, -0.1) is 0 Å². The number of aryl methyl sites for hydroxylation is 2. The second-order valence-electron chi connectivity index (χ2n) is 10.2. The van der Waals surface area contributed by atoms with E-state index in [1.54, 1.807) is 31.4 Å². The zero-order valence-corrected chi connectivity index (χ0v) is 24.5. The number of hydrogen-bond donors (Lipinski definition) is 2. The molecule has 0 amide bonds. The molecular weight excluding hydrogens is 548 g/mol. The lowest BCUT2D eigenvalue weighted by atomic mass is 9.96. The zero-order chi connectivity index (χ0) is 30.5. The Morgan fingerprint density at radius 2 is 1.74 bits per heavy atom. The molecule has 2 N–H and O–H groups in total. The van der Waals surface area contributed by atoms with Crippen molar-refractivity contribution in [2.75, 3.05) is 19.0 Å². The van der Waals surface area contributed by atoms with E-state index in [1.807, 2.05) is 75.4 Å². The van der Waals surface area contributed by atoms with Crippen molar-refractivity contribution < 1.29 is 24.3 Å². The number of aliphatic hydroxyl groups excluding tert-OH is 1. The molecule has 0 saturated heterocycles. The number of aromatic nitrogens is 1. The summed E-state index contributed by atoms with van der Waals surface area (Å²) in [4.78, 5) is 16.8. The molecule has 5 aromatic rings. The molecule has 0 radical (unpaired) electrons. The minimum atomic E-state index is -1.41. The number of hydrogen-bond acceptors (Lipinski definition) is 8. The van der Waals surface area contributed by atoms with Crippen LogP contribution in [0.5, 0.6) is 5.75 Å². The predicted molar refractivity (Wildman–Crippen MR) is 168 cm³/mol. The Morgan fingerprint density at radius 1 is 1.02 bits per heavy atom. The Morgan fingerprint density at radius 3 is 2.42 bits per heavy atom. The molecule has 2 atom stereocenters. The van der Waals surface area contributed by atoms with Crippen molar-refractivity contribution in [3.63, 3.8) is 0 Å². The van der Waals surface area contributed by atoms with Crippen molar-refractivity contribution in [3.05, 3.63) is 112 Å². The van der Waals surface area contributed by atoms with Crippen LogP contribution in [0.15, 0.2) is 90.1 Å². The summed E-state index contributed by atoms with van der Waals surface area (Å²) in [5.74, 6) is 0.686. The van der Waals surface area contributed by atoms with Gasteiger partial charge in [-0.25, -0.2) is 0 Å². The summed E-state index contributed by atoms with van der Waals surface area (Å²) in [5, 5.41) is 31.1. The molecule has 4 aromatic carbocycles. The van der Waals surface area contributed by atoms with Gasteiger partial charge in [0.15, 0.2) is 0 Å². The van der Waals surface area contributed by atoms with Crippen LogP contribution >= 0.6 is 0 Å². The second kappa shape index (κ2) is 12.9. The molecule has 0 aliphatic carbocycles. The maximum atomic E-state index is 11.6. The summed E-state index contributed by atoms with van der Waals surface area (Å²) in [6, 6.07) is 25.6. The van der Waals surface area contributed by atoms with E-state index >= 15 is 0 Å². The fourth-order valence-electron chi connectivity index (χ4n) is 5.23. The van der Waals surface area contributed by atoms with Crippen molar-refractivity contribution in [1.29, 1.82) is 0 Å². The predicted octanol–water partition coefficient (Wildman–Crippen LogP) is 6.60. The Kier molecular flexibility index (Phi) is 8.89. The second-order valence-corrected chi connectivity index (χ2v) is 10.2. The number of para-hydroxylation sites is 1. The number of ether oxygens (including phenoxy) is 2. The fraction of sp³-hybridized carbons (Fsp3) is 0.242. The number of non-ortho nitro benzene ring substituents is 1. The summed E-state index contributed by atoms with van der Waals surface area (Å²) in [6.07, 6.45) is -1.54. The van der Waals surface area contributed by atoms with Crippen LogP contribution < -0.4 is 10.1 Å². The molecule has 1 heterocycles. The van der Waals surface area contributed by atoms with Crippen LogP contribution in [-0.4, -0.2) is 46.5 Å². The molecular formula is C33H34N4O6. The smallest absolute Gasteiger partial charge is 0.303 e. The van der Waals surface area contributed by atoms with Gasteiger partial charge in [-0.2, -0.15) is 0 Å². The van der Waals surface area contributed by atoms with E-state index in [4.69, 9.17) is 14.3 Å². The number of nitrogens with zero attached hydrogens (tertiary/aromatic N) is 3. The summed E-state index contributed by atoms with van der Waals surface area (Å²) in [5.41, 5.74) is 5.38. The number of anilines is 1. The first-order valence-electron chi connectivity index (χ1n) is 14.0. The van der Waals surface area contributed by atoms with Gasteiger partial charge >= 0.3 is 6.41 Å². The number of oxime groups is 1. The van der Waals surface area contributed by atoms with Gasteiger partial charge in [0, 0.05) is 64.4 Å². The minimum absolute atomic E-state index is 0.0227. The number of rotatable bonds is 12. The van der Waals surface area contributed by atoms with E-state index in [2.05, 4.69) is 15.0 Å². The first-order chi connectivity index (χ1) is 20.8. The number of nitrogens with one attached hydrogen (secondary N) is 1. The number of benzene rings is 4. The molecule has 0 aliphatic rings. The van der Waals surface area contributed by atoms with Gasteiger partial charge in [0.05, 0.1) is 11.5 Å². The molecule has 1 aromatic heterocycles. The lowest BCUT2D eigenvalue weighted by Crippen LogP contribution is -2.21. The van der Waals surface area contributed by atoms with Crippen LogP contribution in [0, 0.1) is 17.0 Å². The van der Waals surface area contributed by atoms with E-state index in [9.17, 15) is 15.2 Å². The van der Waals surface area contributed by atoms with Gasteiger partial charge in [-0.05, 0) is 74.9 Å². The SMILES string of the molecule is CCn1c2ccc(/C(=N/OC(O)Nc3ccccc3)c3ccc(OC(C)COC)cc3C)cc2c2cc([N+](=O)[O-])ccc21. The Balaban J connectivity index is 1.60. The topological polar surface area (TPSA) is 120 Å². The van der Waals surface area contributed by atoms with Crippen molar-refractivity contribution >= 4 is 38.9 Å². The molecule has 2 unspecified atom stereocenters. The van der Waals surface area contributed by atoms with E-state index in [0.29, 0.717) is 35.9 Å². The Bertz CT molecular complexity index is 1780. The van der Waals surface area contributed by atoms with Crippen LogP contribution in [0.1, 0.15) is 30.5 Å². The number of methoxy groups -OCH3 is 1. The first-order valence-corrected chi connectivity index (χ1v) is 14.0. The molecule has 0 aliphatic heterocycles. The van der Waals surface area contributed by atoms with Gasteiger partial charge in [0.2, 0.25) is 0 Å². The van der Waals surface area contributed by atoms with Gasteiger partial charge in [-0.1, -0.05) is 29.4 Å². The van der Waals surface area contributed by atoms with Crippen molar-refractivity contribution in [3.8, 4) is 5.75 Å². The van der Waals surface area contributed by atoms with Crippen LogP contribution in [0.4, 0.5) is 11.4 Å². The maximum absolute atomic E-state index is 11.6. The van der Waals surface area contributed by atoms with Crippen LogP contribution in [0.2, 0.25) is 0 Å². The summed E-state index contributed by atoms with van der Waals surface area (Å²) >= 11 is 0. The lowest BCUT2D eigenvalue weighted by Gasteiger charge is -2.17. The highest BCUT2D eigenvalue weighted by atomic mass is 16.7. The Labute approximate surface area is 249 Å². The highest BCUT2D eigenvalue weighted by molar-refractivity contribution is 6.17. The van der Waals surface area contributed by atoms with Crippen molar-refractivity contribution in [2.24, 2.45) is 5.16 Å². The molecule has 0 fully saturated rings. The average Bonchev–Trinajstić information content (AvgIpc) is 3.31. The number of nitro benzene ring substituents is 1. The van der Waals surface area contributed by atoms with Crippen LogP contribution in [-0.2, 0) is 16.1 Å². The van der Waals surface area contributed by atoms with E-state index in [1.165, 1.54) is 6.07 Å². The first kappa shape index (κ1) is 29.6. The molecule has 0 saturated carbocycles. The largest absolute Gasteiger partial charge is 0.488 e. The normalized spacial score (nSPS) is 13.2. The monoisotopic (exact) mass is 582 g/mol. The van der Waals surface area contributed by atoms with Crippen molar-refractivity contribution in [1.82, 2.24) is 4.57 Å². The number of fused-ring (bicyclic) bond motifs is 3. The molecule has 0 spiro atoms. The third kappa shape index (κ3) is 6.45. The fourth-order valence-corrected chi connectivity index (χ4v) is 5.23. The zero-order valence-electron chi connectivity index (χ0n) is 24.5. The molecule has 43 heavy (non-hydrogen) atoms. The minimum Gasteiger partial charge on any atom is -0.488 e. The van der Waals surface area contributed by atoms with Gasteiger partial charge in [0.1, 0.15) is 17.6 Å². The number of nitro groups is 1. The third-order valence-electron chi connectivity index (χ3n) is 7.15. The van der Waals surface area contributed by atoms with Gasteiger partial charge in [0.25, 0.3) is 5.69 Å². The molecule has 5 rings (SSSR count). The highest BCUT2D eigenvalue weighted by Gasteiger charge is 2.19. The van der Waals surface area contributed by atoms with E-state index in [-0.39, 0.29) is 16.7 Å². The summed E-state index contributed by atoms with van der Waals surface area (Å²) in [7, 11) is 1.63. The summed E-state index contributed by atoms with van der Waals surface area (Å²) in [6.45, 7) is 7.07. The van der Waals surface area contributed by atoms with E-state index < -0.39 is 6.41 Å². The van der Waals surface area contributed by atoms with Gasteiger partial charge in [-0.3, -0.25) is 10.1 Å². The average molecular weight is 583 g/mol. The molecule has 0 bridgehead atoms. The van der Waals surface area contributed by atoms with Gasteiger partial charge < -0.3 is 29.3 Å². The maximum Gasteiger partial charge on any atom is 0.303 e. The lowest BCUT2D eigenvalue weighted by molar-refractivity contribution is -0.384. The molecule has 222 valence electrons. The number of aliphatic hydroxyl groups is 1. The summed E-state index contributed by atoms with van der Waals surface area (Å²) < 4.78 is 13.3. The molecule has 10 nitrogen and oxygen atoms in total. The van der Waals surface area contributed by atoms with E-state index in [0.717, 1.165) is 32.9 Å².